The van der Waals surface area contributed by atoms with Gasteiger partial charge in [-0.15, -0.1) is 0 Å². The van der Waals surface area contributed by atoms with Crippen molar-refractivity contribution >= 4 is 29.4 Å². The van der Waals surface area contributed by atoms with Crippen LogP contribution in [0.25, 0.3) is 0 Å². The van der Waals surface area contributed by atoms with Crippen LogP contribution in [-0.4, -0.2) is 47.4 Å². The number of benzene rings is 1. The number of amides is 4. The van der Waals surface area contributed by atoms with Gasteiger partial charge in [-0.3, -0.25) is 14.5 Å². The highest BCUT2D eigenvalue weighted by molar-refractivity contribution is 6.44. The molecule has 6 nitrogen and oxygen atoms in total. The number of hydrogen-bond donors (Lipinski definition) is 1. The van der Waals surface area contributed by atoms with Gasteiger partial charge in [0, 0.05) is 6.04 Å². The monoisotopic (exact) mass is 342 g/mol. The van der Waals surface area contributed by atoms with Gasteiger partial charge in [-0.2, -0.15) is 0 Å². The molecule has 4 amide bonds. The Morgan fingerprint density at radius 2 is 1.87 bits per heavy atom. The largest absolute Gasteiger partial charge is 0.338 e. The minimum absolute atomic E-state index is 0.0444. The van der Waals surface area contributed by atoms with Crippen LogP contribution in [0.2, 0.25) is 5.02 Å². The molecule has 0 bridgehead atoms. The van der Waals surface area contributed by atoms with Crippen LogP contribution in [0.1, 0.15) is 19.4 Å². The fourth-order valence-corrected chi connectivity index (χ4v) is 2.68. The van der Waals surface area contributed by atoms with E-state index in [0.717, 1.165) is 9.80 Å². The van der Waals surface area contributed by atoms with E-state index in [1.165, 1.54) is 12.1 Å². The molecule has 1 fully saturated rings. The number of imide groups is 2. The third-order valence-corrected chi connectivity index (χ3v) is 3.92. The smallest absolute Gasteiger partial charge is 0.316 e. The minimum Gasteiger partial charge on any atom is -0.316 e. The molecule has 1 aliphatic rings. The van der Waals surface area contributed by atoms with E-state index in [9.17, 15) is 18.8 Å². The molecule has 2 rings (SSSR count). The minimum atomic E-state index is -0.859. The van der Waals surface area contributed by atoms with Crippen molar-refractivity contribution in [2.75, 3.05) is 13.7 Å². The van der Waals surface area contributed by atoms with Gasteiger partial charge in [0.25, 0.3) is 0 Å². The average Bonchev–Trinajstić information content (AvgIpc) is 2.67. The van der Waals surface area contributed by atoms with E-state index >= 15 is 0 Å². The summed E-state index contributed by atoms with van der Waals surface area (Å²) in [4.78, 5) is 38.4. The van der Waals surface area contributed by atoms with Crippen LogP contribution < -0.4 is 4.90 Å². The van der Waals surface area contributed by atoms with Gasteiger partial charge < -0.3 is 4.90 Å². The number of carbonyl (C=O) groups is 3. The number of rotatable bonds is 5. The van der Waals surface area contributed by atoms with Crippen molar-refractivity contribution in [2.45, 2.75) is 26.4 Å². The Morgan fingerprint density at radius 1 is 1.22 bits per heavy atom. The van der Waals surface area contributed by atoms with Crippen molar-refractivity contribution in [2.24, 2.45) is 0 Å². The molecule has 0 saturated carbocycles. The number of nitrogens with zero attached hydrogens (tertiary/aromatic N) is 2. The Morgan fingerprint density at radius 3 is 2.39 bits per heavy atom. The fourth-order valence-electron chi connectivity index (χ4n) is 2.45. The number of urea groups is 1. The van der Waals surface area contributed by atoms with Crippen molar-refractivity contribution in [3.8, 4) is 0 Å². The lowest BCUT2D eigenvalue weighted by Gasteiger charge is -2.21. The van der Waals surface area contributed by atoms with Crippen molar-refractivity contribution in [1.29, 1.82) is 0 Å². The average molecular weight is 343 g/mol. The predicted molar refractivity (Wildman–Crippen MR) is 81.1 cm³/mol. The lowest BCUT2D eigenvalue weighted by atomic mass is 10.2. The molecule has 0 spiro atoms. The van der Waals surface area contributed by atoms with Crippen LogP contribution in [0.3, 0.4) is 0 Å². The number of halogens is 2. The summed E-state index contributed by atoms with van der Waals surface area (Å²) in [5.41, 5.74) is 0.304. The molecule has 23 heavy (non-hydrogen) atoms. The van der Waals surface area contributed by atoms with Crippen LogP contribution in [0.4, 0.5) is 9.18 Å². The summed E-state index contributed by atoms with van der Waals surface area (Å²) in [6, 6.07) is 3.33. The quantitative estimate of drug-likeness (QED) is 0.631. The highest BCUT2D eigenvalue weighted by Crippen LogP contribution is 2.18. The molecule has 1 aromatic rings. The van der Waals surface area contributed by atoms with Gasteiger partial charge in [0.05, 0.1) is 17.6 Å². The topological polar surface area (TPSA) is 62.1 Å². The zero-order valence-electron chi connectivity index (χ0n) is 13.1. The van der Waals surface area contributed by atoms with E-state index in [0.29, 0.717) is 10.5 Å². The number of carbonyl (C=O) groups excluding carboxylic acids is 3. The molecule has 0 radical (unpaired) electrons. The highest BCUT2D eigenvalue weighted by atomic mass is 35.5. The maximum atomic E-state index is 13.8. The van der Waals surface area contributed by atoms with Crippen LogP contribution in [0.5, 0.6) is 0 Å². The van der Waals surface area contributed by atoms with Gasteiger partial charge in [0.1, 0.15) is 12.4 Å². The van der Waals surface area contributed by atoms with E-state index in [1.807, 2.05) is 0 Å². The van der Waals surface area contributed by atoms with Crippen LogP contribution in [0, 0.1) is 5.82 Å². The van der Waals surface area contributed by atoms with Gasteiger partial charge in [0.2, 0.25) is 0 Å². The van der Waals surface area contributed by atoms with E-state index in [2.05, 4.69) is 0 Å². The Balaban J connectivity index is 2.11. The normalized spacial score (nSPS) is 16.7. The standard InChI is InChI=1S/C15H17ClFN3O3/c1-9(2)20-14(22)13(21)19(15(20)23)8-18(3)7-10-11(16)5-4-6-12(10)17/h4-6,9H,7-8H2,1-3H3/p+1. The van der Waals surface area contributed by atoms with E-state index in [4.69, 9.17) is 11.6 Å². The lowest BCUT2D eigenvalue weighted by molar-refractivity contribution is -0.901. The molecule has 1 aliphatic heterocycles. The molecule has 8 heteroatoms. The first-order chi connectivity index (χ1) is 10.7. The van der Waals surface area contributed by atoms with Crippen LogP contribution >= 0.6 is 11.6 Å². The van der Waals surface area contributed by atoms with Crippen molar-refractivity contribution in [1.82, 2.24) is 9.80 Å². The Bertz CT molecular complexity index is 645. The molecular weight excluding hydrogens is 325 g/mol. The summed E-state index contributed by atoms with van der Waals surface area (Å²) in [7, 11) is 1.69. The Kier molecular flexibility index (Phi) is 5.01. The first kappa shape index (κ1) is 17.4. The Hall–Kier alpha value is -1.99. The molecule has 1 N–H and O–H groups in total. The van der Waals surface area contributed by atoms with E-state index < -0.39 is 29.7 Å². The summed E-state index contributed by atoms with van der Waals surface area (Å²) in [5, 5.41) is 0.281. The molecule has 1 atom stereocenters. The first-order valence-electron chi connectivity index (χ1n) is 7.17. The molecule has 124 valence electrons. The number of nitrogens with one attached hydrogen (secondary N) is 1. The molecule has 1 aromatic carbocycles. The number of hydrogen-bond acceptors (Lipinski definition) is 3. The second-order valence-electron chi connectivity index (χ2n) is 5.78. The number of quaternary nitrogens is 1. The van der Waals surface area contributed by atoms with Crippen molar-refractivity contribution in [3.05, 3.63) is 34.6 Å². The molecular formula is C15H18ClFN3O3+. The summed E-state index contributed by atoms with van der Waals surface area (Å²) in [6.07, 6.45) is 0. The summed E-state index contributed by atoms with van der Waals surface area (Å²) in [5.74, 6) is -2.14. The predicted octanol–water partition coefficient (Wildman–Crippen LogP) is 0.651. The second kappa shape index (κ2) is 6.64. The maximum Gasteiger partial charge on any atom is 0.338 e. The maximum absolute atomic E-state index is 13.8. The summed E-state index contributed by atoms with van der Waals surface area (Å²) in [6.45, 7) is 3.44. The lowest BCUT2D eigenvalue weighted by Crippen LogP contribution is -3.09. The summed E-state index contributed by atoms with van der Waals surface area (Å²) >= 11 is 5.97. The Labute approximate surface area is 138 Å². The van der Waals surface area contributed by atoms with Gasteiger partial charge in [0.15, 0.2) is 6.67 Å². The summed E-state index contributed by atoms with van der Waals surface area (Å²) < 4.78 is 13.8. The van der Waals surface area contributed by atoms with Crippen molar-refractivity contribution in [3.63, 3.8) is 0 Å². The second-order valence-corrected chi connectivity index (χ2v) is 6.18. The zero-order chi connectivity index (χ0) is 17.3. The molecule has 0 aromatic heterocycles. The fraction of sp³-hybridized carbons (Fsp3) is 0.400. The van der Waals surface area contributed by atoms with Gasteiger partial charge in [-0.25, -0.2) is 14.1 Å². The van der Waals surface area contributed by atoms with Crippen LogP contribution in [0.15, 0.2) is 18.2 Å². The molecule has 1 unspecified atom stereocenters. The van der Waals surface area contributed by atoms with Crippen molar-refractivity contribution < 1.29 is 23.7 Å². The molecule has 0 aliphatic carbocycles. The van der Waals surface area contributed by atoms with E-state index in [1.54, 1.807) is 27.0 Å². The third kappa shape index (κ3) is 3.35. The zero-order valence-corrected chi connectivity index (χ0v) is 13.9. The van der Waals surface area contributed by atoms with Gasteiger partial charge in [-0.05, 0) is 26.0 Å². The molecule has 1 saturated heterocycles. The van der Waals surface area contributed by atoms with Gasteiger partial charge >= 0.3 is 17.8 Å². The highest BCUT2D eigenvalue weighted by Gasteiger charge is 2.46. The first-order valence-corrected chi connectivity index (χ1v) is 7.55. The molecule has 1 heterocycles. The van der Waals surface area contributed by atoms with Crippen LogP contribution in [-0.2, 0) is 16.1 Å². The van der Waals surface area contributed by atoms with Gasteiger partial charge in [-0.1, -0.05) is 17.7 Å². The third-order valence-electron chi connectivity index (χ3n) is 3.57. The SMILES string of the molecule is CC(C)N1C(=O)C(=O)N(C[NH+](C)Cc2c(F)cccc2Cl)C1=O. The van der Waals surface area contributed by atoms with E-state index in [-0.39, 0.29) is 18.2 Å².